The third-order valence-electron chi connectivity index (χ3n) is 4.60. The molecule has 2 unspecified atom stereocenters. The van der Waals surface area contributed by atoms with Crippen LogP contribution in [0.15, 0.2) is 24.3 Å². The van der Waals surface area contributed by atoms with Crippen molar-refractivity contribution in [2.24, 2.45) is 5.41 Å². The van der Waals surface area contributed by atoms with Gasteiger partial charge in [-0.3, -0.25) is 0 Å². The number of rotatable bonds is 4. The zero-order valence-corrected chi connectivity index (χ0v) is 12.9. The summed E-state index contributed by atoms with van der Waals surface area (Å²) in [6.45, 7) is 2.95. The smallest absolute Gasteiger partial charge is 0.0670 e. The molecule has 2 atom stereocenters. The van der Waals surface area contributed by atoms with Crippen molar-refractivity contribution in [2.45, 2.75) is 44.8 Å². The molecule has 98 valence electrons. The van der Waals surface area contributed by atoms with Crippen LogP contribution in [0, 0.1) is 8.99 Å². The Hall–Kier alpha value is -0.290. The van der Waals surface area contributed by atoms with Crippen LogP contribution in [0.3, 0.4) is 0 Å². The Kier molecular flexibility index (Phi) is 3.54. The normalized spacial score (nSPS) is 28.6. The van der Waals surface area contributed by atoms with Gasteiger partial charge < -0.3 is 10.1 Å². The van der Waals surface area contributed by atoms with E-state index < -0.39 is 0 Å². The van der Waals surface area contributed by atoms with Gasteiger partial charge in [0.05, 0.1) is 6.10 Å². The van der Waals surface area contributed by atoms with E-state index in [4.69, 9.17) is 4.74 Å². The summed E-state index contributed by atoms with van der Waals surface area (Å²) < 4.78 is 7.18. The monoisotopic (exact) mass is 357 g/mol. The van der Waals surface area contributed by atoms with Crippen LogP contribution in [0.1, 0.15) is 32.6 Å². The number of benzene rings is 1. The molecule has 0 amide bonds. The first-order valence-electron chi connectivity index (χ1n) is 6.88. The van der Waals surface area contributed by atoms with E-state index in [1.807, 2.05) is 0 Å². The zero-order valence-electron chi connectivity index (χ0n) is 10.8. The largest absolute Gasteiger partial charge is 0.382 e. The average molecular weight is 357 g/mol. The second-order valence-corrected chi connectivity index (χ2v) is 6.72. The summed E-state index contributed by atoms with van der Waals surface area (Å²) in [5.41, 5.74) is 1.70. The SMILES string of the molecule is CCOC1CC(Nc2cccc(I)c2)C12CCC2. The highest BCUT2D eigenvalue weighted by Crippen LogP contribution is 2.58. The van der Waals surface area contributed by atoms with Crippen molar-refractivity contribution in [3.63, 3.8) is 0 Å². The van der Waals surface area contributed by atoms with Gasteiger partial charge in [0.2, 0.25) is 0 Å². The topological polar surface area (TPSA) is 21.3 Å². The number of halogens is 1. The maximum Gasteiger partial charge on any atom is 0.0670 e. The Labute approximate surface area is 123 Å². The van der Waals surface area contributed by atoms with Crippen molar-refractivity contribution >= 4 is 28.3 Å². The van der Waals surface area contributed by atoms with E-state index in [0.29, 0.717) is 17.6 Å². The number of ether oxygens (including phenoxy) is 1. The molecule has 18 heavy (non-hydrogen) atoms. The van der Waals surface area contributed by atoms with Crippen molar-refractivity contribution in [2.75, 3.05) is 11.9 Å². The molecule has 2 fully saturated rings. The molecule has 0 bridgehead atoms. The van der Waals surface area contributed by atoms with Gasteiger partial charge in [0.15, 0.2) is 0 Å². The molecule has 3 rings (SSSR count). The van der Waals surface area contributed by atoms with Crippen LogP contribution >= 0.6 is 22.6 Å². The summed E-state index contributed by atoms with van der Waals surface area (Å²) >= 11 is 2.37. The summed E-state index contributed by atoms with van der Waals surface area (Å²) in [5, 5.41) is 3.72. The van der Waals surface area contributed by atoms with Crippen LogP contribution < -0.4 is 5.32 Å². The molecule has 1 aromatic rings. The van der Waals surface area contributed by atoms with Gasteiger partial charge in [0.25, 0.3) is 0 Å². The maximum absolute atomic E-state index is 5.89. The summed E-state index contributed by atoms with van der Waals surface area (Å²) in [6, 6.07) is 9.26. The van der Waals surface area contributed by atoms with Gasteiger partial charge >= 0.3 is 0 Å². The molecule has 2 nitrogen and oxygen atoms in total. The molecular formula is C15H20INO. The Balaban J connectivity index is 1.68. The highest BCUT2D eigenvalue weighted by molar-refractivity contribution is 14.1. The van der Waals surface area contributed by atoms with Crippen LogP contribution in [0.2, 0.25) is 0 Å². The molecule has 2 aliphatic rings. The summed E-state index contributed by atoms with van der Waals surface area (Å²) in [4.78, 5) is 0. The third kappa shape index (κ3) is 2.05. The van der Waals surface area contributed by atoms with Gasteiger partial charge in [0.1, 0.15) is 0 Å². The van der Waals surface area contributed by atoms with E-state index in [-0.39, 0.29) is 0 Å². The number of hydrogen-bond donors (Lipinski definition) is 1. The Morgan fingerprint density at radius 3 is 2.89 bits per heavy atom. The molecular weight excluding hydrogens is 337 g/mol. The first-order chi connectivity index (χ1) is 8.74. The van der Waals surface area contributed by atoms with Crippen LogP contribution in [0.25, 0.3) is 0 Å². The minimum Gasteiger partial charge on any atom is -0.382 e. The van der Waals surface area contributed by atoms with Crippen LogP contribution in [0.4, 0.5) is 5.69 Å². The van der Waals surface area contributed by atoms with E-state index in [1.54, 1.807) is 0 Å². The molecule has 0 heterocycles. The van der Waals surface area contributed by atoms with Crippen LogP contribution in [0.5, 0.6) is 0 Å². The Morgan fingerprint density at radius 1 is 1.44 bits per heavy atom. The highest BCUT2D eigenvalue weighted by Gasteiger charge is 2.58. The van der Waals surface area contributed by atoms with Crippen molar-refractivity contribution in [1.82, 2.24) is 0 Å². The zero-order chi connectivity index (χ0) is 12.6. The second-order valence-electron chi connectivity index (χ2n) is 5.47. The van der Waals surface area contributed by atoms with Gasteiger partial charge in [-0.15, -0.1) is 0 Å². The third-order valence-corrected chi connectivity index (χ3v) is 5.27. The maximum atomic E-state index is 5.89. The summed E-state index contributed by atoms with van der Waals surface area (Å²) in [6.07, 6.45) is 5.70. The molecule has 2 saturated carbocycles. The average Bonchev–Trinajstić information content (AvgIpc) is 2.25. The van der Waals surface area contributed by atoms with E-state index in [0.717, 1.165) is 6.61 Å². The van der Waals surface area contributed by atoms with Gasteiger partial charge in [-0.25, -0.2) is 0 Å². The first kappa shape index (κ1) is 12.7. The molecule has 2 aliphatic carbocycles. The minimum absolute atomic E-state index is 0.442. The fourth-order valence-electron chi connectivity index (χ4n) is 3.42. The van der Waals surface area contributed by atoms with E-state index in [2.05, 4.69) is 59.1 Å². The molecule has 1 N–H and O–H groups in total. The molecule has 0 aliphatic heterocycles. The Bertz CT molecular complexity index is 430. The first-order valence-corrected chi connectivity index (χ1v) is 7.96. The quantitative estimate of drug-likeness (QED) is 0.821. The van der Waals surface area contributed by atoms with Crippen molar-refractivity contribution in [1.29, 1.82) is 0 Å². The van der Waals surface area contributed by atoms with Crippen molar-refractivity contribution < 1.29 is 4.74 Å². The molecule has 1 aromatic carbocycles. The molecule has 0 saturated heterocycles. The molecule has 0 radical (unpaired) electrons. The molecule has 1 spiro atoms. The second kappa shape index (κ2) is 5.00. The van der Waals surface area contributed by atoms with Gasteiger partial charge in [-0.2, -0.15) is 0 Å². The fourth-order valence-corrected chi connectivity index (χ4v) is 3.96. The standard InChI is InChI=1S/C15H20INO/c1-2-18-14-10-13(15(14)7-4-8-15)17-12-6-3-5-11(16)9-12/h3,5-6,9,13-14,17H,2,4,7-8,10H2,1H3. The number of anilines is 1. The summed E-state index contributed by atoms with van der Waals surface area (Å²) in [5.74, 6) is 0. The van der Waals surface area contributed by atoms with E-state index in [9.17, 15) is 0 Å². The van der Waals surface area contributed by atoms with E-state index in [1.165, 1.54) is 34.9 Å². The van der Waals surface area contributed by atoms with Crippen molar-refractivity contribution in [3.05, 3.63) is 27.8 Å². The fraction of sp³-hybridized carbons (Fsp3) is 0.600. The van der Waals surface area contributed by atoms with Gasteiger partial charge in [0, 0.05) is 27.3 Å². The lowest BCUT2D eigenvalue weighted by Gasteiger charge is -2.61. The predicted octanol–water partition coefficient (Wildman–Crippen LogP) is 4.05. The molecule has 3 heteroatoms. The van der Waals surface area contributed by atoms with Gasteiger partial charge in [-0.05, 0) is 67.0 Å². The lowest BCUT2D eigenvalue weighted by atomic mass is 9.51. The van der Waals surface area contributed by atoms with Gasteiger partial charge in [-0.1, -0.05) is 12.5 Å². The number of nitrogens with one attached hydrogen (secondary N) is 1. The lowest BCUT2D eigenvalue weighted by molar-refractivity contribution is -0.157. The Morgan fingerprint density at radius 2 is 2.28 bits per heavy atom. The predicted molar refractivity (Wildman–Crippen MR) is 82.9 cm³/mol. The highest BCUT2D eigenvalue weighted by atomic mass is 127. The summed E-state index contributed by atoms with van der Waals surface area (Å²) in [7, 11) is 0. The van der Waals surface area contributed by atoms with Crippen molar-refractivity contribution in [3.8, 4) is 0 Å². The van der Waals surface area contributed by atoms with Crippen LogP contribution in [-0.2, 0) is 4.74 Å². The van der Waals surface area contributed by atoms with Crippen LogP contribution in [-0.4, -0.2) is 18.8 Å². The molecule has 0 aromatic heterocycles. The van der Waals surface area contributed by atoms with E-state index >= 15 is 0 Å². The lowest BCUT2D eigenvalue weighted by Crippen LogP contribution is -2.64. The minimum atomic E-state index is 0.442. The number of hydrogen-bond acceptors (Lipinski definition) is 2.